The number of hydrogen-bond acceptors (Lipinski definition) is 3. The van der Waals surface area contributed by atoms with Gasteiger partial charge in [0.1, 0.15) is 0 Å². The van der Waals surface area contributed by atoms with Crippen LogP contribution in [-0.4, -0.2) is 19.3 Å². The summed E-state index contributed by atoms with van der Waals surface area (Å²) in [4.78, 5) is 2.79. The molecule has 0 radical (unpaired) electrons. The SMILES string of the molecule is COC(C)(C)CCNC(C)c1ccc(C)s1. The highest BCUT2D eigenvalue weighted by Gasteiger charge is 2.16. The van der Waals surface area contributed by atoms with Gasteiger partial charge >= 0.3 is 0 Å². The molecule has 1 N–H and O–H groups in total. The van der Waals surface area contributed by atoms with Crippen molar-refractivity contribution in [2.75, 3.05) is 13.7 Å². The van der Waals surface area contributed by atoms with Crippen molar-refractivity contribution in [2.24, 2.45) is 0 Å². The van der Waals surface area contributed by atoms with E-state index in [9.17, 15) is 0 Å². The van der Waals surface area contributed by atoms with Crippen molar-refractivity contribution in [3.05, 3.63) is 21.9 Å². The van der Waals surface area contributed by atoms with Crippen molar-refractivity contribution in [1.29, 1.82) is 0 Å². The van der Waals surface area contributed by atoms with Crippen LogP contribution in [0.3, 0.4) is 0 Å². The van der Waals surface area contributed by atoms with Crippen LogP contribution in [0.2, 0.25) is 0 Å². The Morgan fingerprint density at radius 1 is 1.44 bits per heavy atom. The lowest BCUT2D eigenvalue weighted by atomic mass is 10.1. The number of aryl methyl sites for hydroxylation is 1. The van der Waals surface area contributed by atoms with Crippen LogP contribution >= 0.6 is 11.3 Å². The number of methoxy groups -OCH3 is 1. The van der Waals surface area contributed by atoms with Crippen LogP contribution in [0.15, 0.2) is 12.1 Å². The fourth-order valence-electron chi connectivity index (χ4n) is 1.48. The second-order valence-corrected chi connectivity index (χ2v) is 6.16. The molecule has 16 heavy (non-hydrogen) atoms. The van der Waals surface area contributed by atoms with Gasteiger partial charge in [0.25, 0.3) is 0 Å². The quantitative estimate of drug-likeness (QED) is 0.822. The summed E-state index contributed by atoms with van der Waals surface area (Å²) in [5.41, 5.74) is -0.0297. The largest absolute Gasteiger partial charge is 0.379 e. The molecule has 0 amide bonds. The average molecular weight is 241 g/mol. The first kappa shape index (κ1) is 13.7. The molecule has 0 bridgehead atoms. The van der Waals surface area contributed by atoms with E-state index in [1.807, 2.05) is 11.3 Å². The topological polar surface area (TPSA) is 21.3 Å². The van der Waals surface area contributed by atoms with Gasteiger partial charge in [0.15, 0.2) is 0 Å². The molecule has 92 valence electrons. The monoisotopic (exact) mass is 241 g/mol. The predicted molar refractivity (Wildman–Crippen MR) is 71.2 cm³/mol. The van der Waals surface area contributed by atoms with Crippen LogP contribution < -0.4 is 5.32 Å². The van der Waals surface area contributed by atoms with Crippen LogP contribution in [0, 0.1) is 6.92 Å². The maximum Gasteiger partial charge on any atom is 0.0634 e. The number of nitrogens with one attached hydrogen (secondary N) is 1. The van der Waals surface area contributed by atoms with Gasteiger partial charge in [-0.25, -0.2) is 0 Å². The molecule has 1 heterocycles. The smallest absolute Gasteiger partial charge is 0.0634 e. The van der Waals surface area contributed by atoms with Gasteiger partial charge in [-0.15, -0.1) is 11.3 Å². The van der Waals surface area contributed by atoms with Crippen molar-refractivity contribution in [3.63, 3.8) is 0 Å². The van der Waals surface area contributed by atoms with Crippen LogP contribution in [0.5, 0.6) is 0 Å². The average Bonchev–Trinajstić information content (AvgIpc) is 2.64. The van der Waals surface area contributed by atoms with E-state index >= 15 is 0 Å². The lowest BCUT2D eigenvalue weighted by molar-refractivity contribution is 0.0154. The Morgan fingerprint density at radius 3 is 2.62 bits per heavy atom. The Kier molecular flexibility index (Phi) is 4.96. The van der Waals surface area contributed by atoms with Gasteiger partial charge in [-0.1, -0.05) is 0 Å². The Bertz CT molecular complexity index is 319. The molecule has 0 aliphatic heterocycles. The maximum atomic E-state index is 5.39. The molecule has 3 heteroatoms. The van der Waals surface area contributed by atoms with Gasteiger partial charge < -0.3 is 10.1 Å². The lowest BCUT2D eigenvalue weighted by Crippen LogP contribution is -2.29. The molecule has 0 fully saturated rings. The van der Waals surface area contributed by atoms with E-state index in [0.29, 0.717) is 6.04 Å². The van der Waals surface area contributed by atoms with Gasteiger partial charge in [0.2, 0.25) is 0 Å². The number of ether oxygens (including phenoxy) is 1. The standard InChI is InChI=1S/C13H23NOS/c1-10-6-7-12(16-10)11(2)14-9-8-13(3,4)15-5/h6-7,11,14H,8-9H2,1-5H3. The Labute approximate surface area is 103 Å². The molecule has 2 nitrogen and oxygen atoms in total. The Hall–Kier alpha value is -0.380. The van der Waals surface area contributed by atoms with E-state index in [4.69, 9.17) is 4.74 Å². The Balaban J connectivity index is 2.33. The molecule has 0 aromatic carbocycles. The molecule has 1 atom stereocenters. The normalized spacial score (nSPS) is 14.1. The highest BCUT2D eigenvalue weighted by molar-refractivity contribution is 7.12. The second kappa shape index (κ2) is 5.80. The van der Waals surface area contributed by atoms with E-state index in [0.717, 1.165) is 13.0 Å². The molecule has 1 rings (SSSR count). The minimum absolute atomic E-state index is 0.0297. The summed E-state index contributed by atoms with van der Waals surface area (Å²) in [5.74, 6) is 0. The summed E-state index contributed by atoms with van der Waals surface area (Å²) in [6.45, 7) is 9.59. The van der Waals surface area contributed by atoms with Gasteiger partial charge in [-0.05, 0) is 52.8 Å². The van der Waals surface area contributed by atoms with Crippen LogP contribution in [0.1, 0.15) is 43.0 Å². The van der Waals surface area contributed by atoms with Gasteiger partial charge in [0.05, 0.1) is 5.60 Å². The third kappa shape index (κ3) is 4.24. The van der Waals surface area contributed by atoms with Crippen LogP contribution in [-0.2, 0) is 4.74 Å². The van der Waals surface area contributed by atoms with E-state index in [-0.39, 0.29) is 5.60 Å². The molecule has 0 spiro atoms. The second-order valence-electron chi connectivity index (χ2n) is 4.84. The molecule has 0 saturated heterocycles. The van der Waals surface area contributed by atoms with E-state index in [1.54, 1.807) is 7.11 Å². The van der Waals surface area contributed by atoms with Crippen molar-refractivity contribution < 1.29 is 4.74 Å². The number of thiophene rings is 1. The third-order valence-corrected chi connectivity index (χ3v) is 4.10. The molecule has 1 unspecified atom stereocenters. The van der Waals surface area contributed by atoms with E-state index < -0.39 is 0 Å². The first-order valence-electron chi connectivity index (χ1n) is 5.79. The summed E-state index contributed by atoms with van der Waals surface area (Å²) in [6, 6.07) is 4.82. The summed E-state index contributed by atoms with van der Waals surface area (Å²) >= 11 is 1.87. The summed E-state index contributed by atoms with van der Waals surface area (Å²) in [5, 5.41) is 3.53. The zero-order valence-electron chi connectivity index (χ0n) is 11.0. The molecular formula is C13H23NOS. The van der Waals surface area contributed by atoms with Crippen molar-refractivity contribution in [1.82, 2.24) is 5.32 Å². The third-order valence-electron chi connectivity index (χ3n) is 2.92. The van der Waals surface area contributed by atoms with E-state index in [1.165, 1.54) is 9.75 Å². The van der Waals surface area contributed by atoms with Gasteiger partial charge in [-0.2, -0.15) is 0 Å². The zero-order valence-corrected chi connectivity index (χ0v) is 11.8. The first-order chi connectivity index (χ1) is 7.44. The molecule has 1 aromatic heterocycles. The van der Waals surface area contributed by atoms with Crippen LogP contribution in [0.25, 0.3) is 0 Å². The highest BCUT2D eigenvalue weighted by atomic mass is 32.1. The summed E-state index contributed by atoms with van der Waals surface area (Å²) < 4.78 is 5.39. The van der Waals surface area contributed by atoms with Crippen LogP contribution in [0.4, 0.5) is 0 Å². The zero-order chi connectivity index (χ0) is 12.2. The first-order valence-corrected chi connectivity index (χ1v) is 6.61. The molecule has 0 saturated carbocycles. The lowest BCUT2D eigenvalue weighted by Gasteiger charge is -2.24. The number of rotatable bonds is 6. The molecular weight excluding hydrogens is 218 g/mol. The molecule has 0 aliphatic carbocycles. The molecule has 1 aromatic rings. The predicted octanol–water partition coefficient (Wildman–Crippen LogP) is 3.52. The van der Waals surface area contributed by atoms with Gasteiger partial charge in [-0.3, -0.25) is 0 Å². The van der Waals surface area contributed by atoms with Crippen molar-refractivity contribution in [3.8, 4) is 0 Å². The van der Waals surface area contributed by atoms with Crippen molar-refractivity contribution in [2.45, 2.75) is 45.8 Å². The minimum Gasteiger partial charge on any atom is -0.379 e. The fourth-order valence-corrected chi connectivity index (χ4v) is 2.38. The highest BCUT2D eigenvalue weighted by Crippen LogP contribution is 2.22. The maximum absolute atomic E-state index is 5.39. The number of hydrogen-bond donors (Lipinski definition) is 1. The molecule has 0 aliphatic rings. The minimum atomic E-state index is -0.0297. The Morgan fingerprint density at radius 2 is 2.12 bits per heavy atom. The fraction of sp³-hybridized carbons (Fsp3) is 0.692. The van der Waals surface area contributed by atoms with Gasteiger partial charge in [0, 0.05) is 22.9 Å². The summed E-state index contributed by atoms with van der Waals surface area (Å²) in [6.07, 6.45) is 1.03. The van der Waals surface area contributed by atoms with E-state index in [2.05, 4.69) is 45.1 Å². The summed E-state index contributed by atoms with van der Waals surface area (Å²) in [7, 11) is 1.77. The van der Waals surface area contributed by atoms with Crippen molar-refractivity contribution >= 4 is 11.3 Å².